The Morgan fingerprint density at radius 3 is 2.94 bits per heavy atom. The van der Waals surface area contributed by atoms with E-state index in [-0.39, 0.29) is 0 Å². The Morgan fingerprint density at radius 2 is 2.19 bits per heavy atom. The zero-order chi connectivity index (χ0) is 11.0. The highest BCUT2D eigenvalue weighted by molar-refractivity contribution is 7.13. The van der Waals surface area contributed by atoms with Gasteiger partial charge in [0.1, 0.15) is 0 Å². The number of thiophene rings is 1. The highest BCUT2D eigenvalue weighted by atomic mass is 32.1. The summed E-state index contributed by atoms with van der Waals surface area (Å²) in [5.74, 6) is 0. The topological polar surface area (TPSA) is 15.8 Å². The molecule has 16 heavy (non-hydrogen) atoms. The zero-order valence-corrected chi connectivity index (χ0v) is 9.97. The van der Waals surface area contributed by atoms with Crippen LogP contribution in [0.25, 0.3) is 21.3 Å². The first-order chi connectivity index (χ1) is 7.88. The van der Waals surface area contributed by atoms with Gasteiger partial charge in [-0.3, -0.25) is 0 Å². The van der Waals surface area contributed by atoms with Crippen molar-refractivity contribution in [3.05, 3.63) is 47.5 Å². The smallest absolute Gasteiger partial charge is 0.0457 e. The first-order valence-corrected chi connectivity index (χ1v) is 6.40. The Bertz CT molecular complexity index is 605. The zero-order valence-electron chi connectivity index (χ0n) is 9.16. The molecule has 0 bridgehead atoms. The Labute approximate surface area is 98.7 Å². The van der Waals surface area contributed by atoms with Crippen LogP contribution >= 0.6 is 11.3 Å². The quantitative estimate of drug-likeness (QED) is 0.665. The fourth-order valence-electron chi connectivity index (χ4n) is 2.07. The molecule has 0 radical (unpaired) electrons. The summed E-state index contributed by atoms with van der Waals surface area (Å²) in [5.41, 5.74) is 3.95. The van der Waals surface area contributed by atoms with Crippen LogP contribution < -0.4 is 0 Å². The normalized spacial score (nSPS) is 11.1. The van der Waals surface area contributed by atoms with E-state index >= 15 is 0 Å². The number of aromatic nitrogens is 1. The van der Waals surface area contributed by atoms with Crippen molar-refractivity contribution in [2.45, 2.75) is 13.3 Å². The number of hydrogen-bond donors (Lipinski definition) is 1. The highest BCUT2D eigenvalue weighted by Crippen LogP contribution is 2.29. The van der Waals surface area contributed by atoms with E-state index < -0.39 is 0 Å². The minimum absolute atomic E-state index is 1.08. The van der Waals surface area contributed by atoms with Crippen LogP contribution in [0.5, 0.6) is 0 Å². The van der Waals surface area contributed by atoms with Crippen LogP contribution in [0.1, 0.15) is 12.5 Å². The standard InChI is InChI=1S/C14H13NS/c1-2-10-9-15-13-6-5-11(8-12(10)13)14-4-3-7-16-14/h3-9,15H,2H2,1H3. The molecule has 1 aromatic carbocycles. The average molecular weight is 227 g/mol. The van der Waals surface area contributed by atoms with Gasteiger partial charge in [0.2, 0.25) is 0 Å². The van der Waals surface area contributed by atoms with Crippen LogP contribution in [0.4, 0.5) is 0 Å². The number of benzene rings is 1. The van der Waals surface area contributed by atoms with E-state index in [9.17, 15) is 0 Å². The maximum atomic E-state index is 3.31. The second kappa shape index (κ2) is 3.80. The van der Waals surface area contributed by atoms with Gasteiger partial charge in [-0.15, -0.1) is 11.3 Å². The maximum Gasteiger partial charge on any atom is 0.0457 e. The van der Waals surface area contributed by atoms with Crippen molar-refractivity contribution in [3.63, 3.8) is 0 Å². The molecule has 0 atom stereocenters. The van der Waals surface area contributed by atoms with E-state index in [1.54, 1.807) is 11.3 Å². The Kier molecular flexibility index (Phi) is 2.29. The third-order valence-corrected chi connectivity index (χ3v) is 3.87. The van der Waals surface area contributed by atoms with Crippen LogP contribution in [-0.4, -0.2) is 4.98 Å². The number of nitrogens with one attached hydrogen (secondary N) is 1. The number of fused-ring (bicyclic) bond motifs is 1. The first kappa shape index (κ1) is 9.67. The number of H-pyrrole nitrogens is 1. The lowest BCUT2D eigenvalue weighted by Gasteiger charge is -1.99. The summed E-state index contributed by atoms with van der Waals surface area (Å²) in [5, 5.41) is 3.48. The van der Waals surface area contributed by atoms with E-state index in [1.807, 2.05) is 0 Å². The maximum absolute atomic E-state index is 3.31. The van der Waals surface area contributed by atoms with Gasteiger partial charge in [-0.25, -0.2) is 0 Å². The molecular weight excluding hydrogens is 214 g/mol. The summed E-state index contributed by atoms with van der Waals surface area (Å²) in [6, 6.07) is 10.9. The fraction of sp³-hybridized carbons (Fsp3) is 0.143. The largest absolute Gasteiger partial charge is 0.361 e. The molecule has 0 saturated heterocycles. The van der Waals surface area contributed by atoms with Crippen LogP contribution in [0.15, 0.2) is 41.9 Å². The Hall–Kier alpha value is -1.54. The van der Waals surface area contributed by atoms with E-state index in [0.29, 0.717) is 0 Å². The van der Waals surface area contributed by atoms with Gasteiger partial charge >= 0.3 is 0 Å². The number of aryl methyl sites for hydroxylation is 1. The SMILES string of the molecule is CCc1c[nH]c2ccc(-c3cccs3)cc12. The van der Waals surface area contributed by atoms with Crippen molar-refractivity contribution in [1.82, 2.24) is 4.98 Å². The van der Waals surface area contributed by atoms with Crippen molar-refractivity contribution in [2.24, 2.45) is 0 Å². The monoisotopic (exact) mass is 227 g/mol. The molecule has 0 spiro atoms. The van der Waals surface area contributed by atoms with Crippen molar-refractivity contribution < 1.29 is 0 Å². The van der Waals surface area contributed by atoms with E-state index in [1.165, 1.54) is 26.9 Å². The minimum Gasteiger partial charge on any atom is -0.361 e. The van der Waals surface area contributed by atoms with Crippen molar-refractivity contribution in [1.29, 1.82) is 0 Å². The Balaban J connectivity index is 2.21. The molecule has 80 valence electrons. The molecule has 2 aromatic heterocycles. The molecule has 1 nitrogen and oxygen atoms in total. The Morgan fingerprint density at radius 1 is 1.25 bits per heavy atom. The van der Waals surface area contributed by atoms with Crippen LogP contribution in [0.2, 0.25) is 0 Å². The predicted octanol–water partition coefficient (Wildman–Crippen LogP) is 4.46. The third-order valence-electron chi connectivity index (χ3n) is 2.95. The van der Waals surface area contributed by atoms with Gasteiger partial charge in [0, 0.05) is 22.0 Å². The molecule has 0 aliphatic carbocycles. The summed E-state index contributed by atoms with van der Waals surface area (Å²) in [4.78, 5) is 4.65. The molecule has 0 fully saturated rings. The number of rotatable bonds is 2. The van der Waals surface area contributed by atoms with Gasteiger partial charge in [-0.05, 0) is 41.1 Å². The number of hydrogen-bond acceptors (Lipinski definition) is 1. The molecule has 3 rings (SSSR count). The van der Waals surface area contributed by atoms with Crippen LogP contribution in [-0.2, 0) is 6.42 Å². The molecule has 0 aliphatic rings. The van der Waals surface area contributed by atoms with Gasteiger partial charge in [0.15, 0.2) is 0 Å². The van der Waals surface area contributed by atoms with Gasteiger partial charge < -0.3 is 4.98 Å². The molecule has 0 amide bonds. The number of aromatic amines is 1. The molecule has 2 heteroatoms. The second-order valence-electron chi connectivity index (χ2n) is 3.91. The van der Waals surface area contributed by atoms with E-state index in [2.05, 4.69) is 53.8 Å². The van der Waals surface area contributed by atoms with Crippen LogP contribution in [0.3, 0.4) is 0 Å². The summed E-state index contributed by atoms with van der Waals surface area (Å²) >= 11 is 1.79. The molecular formula is C14H13NS. The second-order valence-corrected chi connectivity index (χ2v) is 4.85. The van der Waals surface area contributed by atoms with Crippen molar-refractivity contribution in [2.75, 3.05) is 0 Å². The highest BCUT2D eigenvalue weighted by Gasteiger charge is 2.04. The molecule has 0 saturated carbocycles. The summed E-state index contributed by atoms with van der Waals surface area (Å²) in [7, 11) is 0. The van der Waals surface area contributed by atoms with Gasteiger partial charge in [-0.1, -0.05) is 19.1 Å². The summed E-state index contributed by atoms with van der Waals surface area (Å²) in [6.45, 7) is 2.19. The van der Waals surface area contributed by atoms with Gasteiger partial charge in [0.05, 0.1) is 0 Å². The predicted molar refractivity (Wildman–Crippen MR) is 71.0 cm³/mol. The van der Waals surface area contributed by atoms with E-state index in [0.717, 1.165) is 6.42 Å². The molecule has 1 N–H and O–H groups in total. The summed E-state index contributed by atoms with van der Waals surface area (Å²) in [6.07, 6.45) is 3.19. The average Bonchev–Trinajstić information content (AvgIpc) is 2.97. The molecule has 3 aromatic rings. The van der Waals surface area contributed by atoms with Gasteiger partial charge in [0.25, 0.3) is 0 Å². The lowest BCUT2D eigenvalue weighted by Crippen LogP contribution is -1.77. The lowest BCUT2D eigenvalue weighted by molar-refractivity contribution is 1.15. The molecule has 2 heterocycles. The minimum atomic E-state index is 1.08. The van der Waals surface area contributed by atoms with Crippen molar-refractivity contribution >= 4 is 22.2 Å². The summed E-state index contributed by atoms with van der Waals surface area (Å²) < 4.78 is 0. The lowest BCUT2D eigenvalue weighted by atomic mass is 10.1. The van der Waals surface area contributed by atoms with Gasteiger partial charge in [-0.2, -0.15) is 0 Å². The first-order valence-electron chi connectivity index (χ1n) is 5.52. The van der Waals surface area contributed by atoms with Crippen LogP contribution in [0, 0.1) is 0 Å². The molecule has 0 aliphatic heterocycles. The van der Waals surface area contributed by atoms with E-state index in [4.69, 9.17) is 0 Å². The third kappa shape index (κ3) is 1.46. The fourth-order valence-corrected chi connectivity index (χ4v) is 2.79. The molecule has 0 unspecified atom stereocenters. The van der Waals surface area contributed by atoms with Crippen molar-refractivity contribution in [3.8, 4) is 10.4 Å².